The summed E-state index contributed by atoms with van der Waals surface area (Å²) in [6.45, 7) is 13.1. The Morgan fingerprint density at radius 1 is 1.12 bits per heavy atom. The number of ether oxygens (including phenoxy) is 1. The molecule has 1 aromatic heterocycles. The third-order valence-electron chi connectivity index (χ3n) is 7.82. The number of fused-ring (bicyclic) bond motifs is 1. The average molecular weight is 454 g/mol. The quantitative estimate of drug-likeness (QED) is 0.669. The van der Waals surface area contributed by atoms with E-state index in [0.717, 1.165) is 38.2 Å². The zero-order valence-electron chi connectivity index (χ0n) is 19.7. The first-order valence-electron chi connectivity index (χ1n) is 12.0. The Labute approximate surface area is 195 Å². The Morgan fingerprint density at radius 2 is 1.84 bits per heavy atom. The number of hydrogen-bond acceptors (Lipinski definition) is 5. The first-order chi connectivity index (χ1) is 15.2. The van der Waals surface area contributed by atoms with Crippen LogP contribution in [0.15, 0.2) is 23.6 Å². The fourth-order valence-corrected chi connectivity index (χ4v) is 6.54. The van der Waals surface area contributed by atoms with Crippen LogP contribution in [0.2, 0.25) is 0 Å². The molecule has 2 aliphatic heterocycles. The number of alkyl carbamates (subject to hydrolysis) is 1. The molecule has 32 heavy (non-hydrogen) atoms. The average Bonchev–Trinajstić information content (AvgIpc) is 3.41. The van der Waals surface area contributed by atoms with E-state index in [4.69, 9.17) is 9.72 Å². The number of hydrogen-bond donors (Lipinski definition) is 1. The van der Waals surface area contributed by atoms with E-state index < -0.39 is 0 Å². The number of carbonyl (C=O) groups excluding carboxylic acids is 1. The van der Waals surface area contributed by atoms with Gasteiger partial charge < -0.3 is 10.1 Å². The highest BCUT2D eigenvalue weighted by Gasteiger charge is 2.37. The second-order valence-corrected chi connectivity index (χ2v) is 12.0. The minimum absolute atomic E-state index is 0.0104. The Bertz CT molecular complexity index is 1000. The van der Waals surface area contributed by atoms with Crippen LogP contribution in [0.4, 0.5) is 4.79 Å². The molecule has 172 valence electrons. The van der Waals surface area contributed by atoms with Gasteiger partial charge in [-0.2, -0.15) is 0 Å². The van der Waals surface area contributed by atoms with Gasteiger partial charge >= 0.3 is 6.09 Å². The molecule has 1 aromatic carbocycles. The van der Waals surface area contributed by atoms with Gasteiger partial charge in [0.15, 0.2) is 0 Å². The van der Waals surface area contributed by atoms with Gasteiger partial charge in [0.2, 0.25) is 0 Å². The molecule has 0 saturated carbocycles. The molecular weight excluding hydrogens is 418 g/mol. The van der Waals surface area contributed by atoms with Crippen molar-refractivity contribution in [2.45, 2.75) is 76.2 Å². The van der Waals surface area contributed by atoms with Crippen molar-refractivity contribution in [1.82, 2.24) is 15.2 Å². The maximum atomic E-state index is 11.2. The van der Waals surface area contributed by atoms with Gasteiger partial charge in [0.25, 0.3) is 0 Å². The molecule has 5 rings (SSSR count). The summed E-state index contributed by atoms with van der Waals surface area (Å²) < 4.78 is 5.29. The number of rotatable bonds is 4. The largest absolute Gasteiger partial charge is 0.443 e. The number of nitrogens with zero attached hydrogens (tertiary/aromatic N) is 2. The number of cyclic esters (lactones) is 1. The van der Waals surface area contributed by atoms with E-state index in [9.17, 15) is 4.79 Å². The summed E-state index contributed by atoms with van der Waals surface area (Å²) in [6.07, 6.45) is 4.41. The lowest BCUT2D eigenvalue weighted by molar-refractivity contribution is 0.0974. The Hall–Kier alpha value is -1.92. The molecule has 3 heterocycles. The molecule has 2 aromatic rings. The standard InChI is InChI=1S/C26H35N3O2S/c1-25(2)9-10-26(3,4)21-13-18(5-6-20(21)25)22-16-32-23(28-22)17-7-11-29(12-8-17)15-19-14-27-24(30)31-19/h5-6,13,16-17,19H,7-12,14-15H2,1-4H3,(H,27,30). The van der Waals surface area contributed by atoms with Crippen LogP contribution >= 0.6 is 11.3 Å². The molecule has 2 saturated heterocycles. The number of nitrogens with one attached hydrogen (secondary N) is 1. The number of carbonyl (C=O) groups is 1. The number of benzene rings is 1. The number of likely N-dealkylation sites (tertiary alicyclic amines) is 1. The zero-order valence-corrected chi connectivity index (χ0v) is 20.6. The van der Waals surface area contributed by atoms with Crippen LogP contribution in [-0.2, 0) is 15.6 Å². The van der Waals surface area contributed by atoms with Gasteiger partial charge in [-0.15, -0.1) is 11.3 Å². The van der Waals surface area contributed by atoms with Crippen molar-refractivity contribution in [3.63, 3.8) is 0 Å². The predicted octanol–water partition coefficient (Wildman–Crippen LogP) is 5.45. The van der Waals surface area contributed by atoms with Crippen molar-refractivity contribution in [3.05, 3.63) is 39.7 Å². The lowest BCUT2D eigenvalue weighted by atomic mass is 9.63. The third kappa shape index (κ3) is 4.19. The molecule has 5 nitrogen and oxygen atoms in total. The predicted molar refractivity (Wildman–Crippen MR) is 130 cm³/mol. The normalized spacial score (nSPS) is 25.2. The van der Waals surface area contributed by atoms with Crippen molar-refractivity contribution < 1.29 is 9.53 Å². The number of thiazole rings is 1. The van der Waals surface area contributed by atoms with Gasteiger partial charge in [-0.05, 0) is 66.8 Å². The van der Waals surface area contributed by atoms with Crippen molar-refractivity contribution in [2.24, 2.45) is 0 Å². The van der Waals surface area contributed by atoms with Crippen LogP contribution < -0.4 is 5.32 Å². The van der Waals surface area contributed by atoms with E-state index in [2.05, 4.69) is 61.5 Å². The van der Waals surface area contributed by atoms with Gasteiger partial charge in [-0.25, -0.2) is 9.78 Å². The van der Waals surface area contributed by atoms with E-state index in [1.807, 2.05) is 11.3 Å². The number of aromatic nitrogens is 1. The summed E-state index contributed by atoms with van der Waals surface area (Å²) in [4.78, 5) is 18.8. The van der Waals surface area contributed by atoms with Gasteiger partial charge in [-0.3, -0.25) is 4.90 Å². The number of piperidine rings is 1. The summed E-state index contributed by atoms with van der Waals surface area (Å²) in [6, 6.07) is 7.04. The highest BCUT2D eigenvalue weighted by molar-refractivity contribution is 7.10. The smallest absolute Gasteiger partial charge is 0.407 e. The van der Waals surface area contributed by atoms with E-state index in [1.165, 1.54) is 34.5 Å². The van der Waals surface area contributed by atoms with E-state index >= 15 is 0 Å². The fraction of sp³-hybridized carbons (Fsp3) is 0.615. The Morgan fingerprint density at radius 3 is 2.53 bits per heavy atom. The van der Waals surface area contributed by atoms with Crippen molar-refractivity contribution in [2.75, 3.05) is 26.2 Å². The molecule has 1 N–H and O–H groups in total. The zero-order chi connectivity index (χ0) is 22.5. The topological polar surface area (TPSA) is 54.5 Å². The van der Waals surface area contributed by atoms with Crippen LogP contribution in [0.1, 0.15) is 75.4 Å². The molecule has 6 heteroatoms. The van der Waals surface area contributed by atoms with E-state index in [1.54, 1.807) is 0 Å². The summed E-state index contributed by atoms with van der Waals surface area (Å²) >= 11 is 1.81. The first-order valence-corrected chi connectivity index (χ1v) is 12.9. The van der Waals surface area contributed by atoms with Crippen molar-refractivity contribution in [1.29, 1.82) is 0 Å². The highest BCUT2D eigenvalue weighted by Crippen LogP contribution is 2.47. The molecule has 0 bridgehead atoms. The van der Waals surface area contributed by atoms with Gasteiger partial charge in [0.05, 0.1) is 17.2 Å². The van der Waals surface area contributed by atoms with Crippen molar-refractivity contribution in [3.8, 4) is 11.3 Å². The van der Waals surface area contributed by atoms with Crippen LogP contribution in [0, 0.1) is 0 Å². The SMILES string of the molecule is CC1(C)CCC(C)(C)c2cc(-c3csc(C4CCN(CC5CNC(=O)O5)CC4)n3)ccc21. The molecule has 1 amide bonds. The first kappa shape index (κ1) is 21.9. The maximum absolute atomic E-state index is 11.2. The fourth-order valence-electron chi connectivity index (χ4n) is 5.54. The Kier molecular flexibility index (Phi) is 5.57. The summed E-state index contributed by atoms with van der Waals surface area (Å²) in [5.41, 5.74) is 5.84. The van der Waals surface area contributed by atoms with Gasteiger partial charge in [-0.1, -0.05) is 39.8 Å². The second kappa shape index (κ2) is 8.14. The van der Waals surface area contributed by atoms with Gasteiger partial charge in [0, 0.05) is 23.4 Å². The van der Waals surface area contributed by atoms with Crippen LogP contribution in [0.3, 0.4) is 0 Å². The van der Waals surface area contributed by atoms with Crippen LogP contribution in [0.25, 0.3) is 11.3 Å². The molecule has 2 fully saturated rings. The second-order valence-electron chi connectivity index (χ2n) is 11.1. The van der Waals surface area contributed by atoms with Crippen molar-refractivity contribution >= 4 is 17.4 Å². The Balaban J connectivity index is 1.27. The molecule has 3 aliphatic rings. The third-order valence-corrected chi connectivity index (χ3v) is 8.82. The maximum Gasteiger partial charge on any atom is 0.407 e. The molecule has 1 unspecified atom stereocenters. The van der Waals surface area contributed by atoms with E-state index in [-0.39, 0.29) is 23.0 Å². The van der Waals surface area contributed by atoms with Crippen LogP contribution in [0.5, 0.6) is 0 Å². The van der Waals surface area contributed by atoms with Crippen LogP contribution in [-0.4, -0.2) is 48.3 Å². The van der Waals surface area contributed by atoms with E-state index in [0.29, 0.717) is 12.5 Å². The molecular formula is C26H35N3O2S. The monoisotopic (exact) mass is 453 g/mol. The molecule has 1 aliphatic carbocycles. The molecule has 1 atom stereocenters. The lowest BCUT2D eigenvalue weighted by Crippen LogP contribution is -2.39. The number of amides is 1. The minimum Gasteiger partial charge on any atom is -0.443 e. The molecule has 0 radical (unpaired) electrons. The summed E-state index contributed by atoms with van der Waals surface area (Å²) in [7, 11) is 0. The minimum atomic E-state index is -0.283. The summed E-state index contributed by atoms with van der Waals surface area (Å²) in [5.74, 6) is 0.530. The lowest BCUT2D eigenvalue weighted by Gasteiger charge is -2.42. The molecule has 0 spiro atoms. The summed E-state index contributed by atoms with van der Waals surface area (Å²) in [5, 5.41) is 6.26. The van der Waals surface area contributed by atoms with Gasteiger partial charge in [0.1, 0.15) is 6.10 Å². The highest BCUT2D eigenvalue weighted by atomic mass is 32.1.